The first-order chi connectivity index (χ1) is 9.15. The van der Waals surface area contributed by atoms with Crippen LogP contribution in [0.1, 0.15) is 18.1 Å². The molecule has 19 heavy (non-hydrogen) atoms. The average molecular weight is 255 g/mol. The second-order valence-electron chi connectivity index (χ2n) is 5.12. The molecule has 2 aromatic rings. The summed E-state index contributed by atoms with van der Waals surface area (Å²) in [5.41, 5.74) is 2.59. The van der Waals surface area contributed by atoms with Gasteiger partial charge in [0.15, 0.2) is 0 Å². The number of aromatic hydroxyl groups is 1. The number of benzene rings is 2. The quantitative estimate of drug-likeness (QED) is 0.884. The number of phenols is 1. The van der Waals surface area contributed by atoms with Crippen LogP contribution in [0.15, 0.2) is 54.6 Å². The predicted molar refractivity (Wildman–Crippen MR) is 79.2 cm³/mol. The highest BCUT2D eigenvalue weighted by Crippen LogP contribution is 2.14. The van der Waals surface area contributed by atoms with Gasteiger partial charge in [0.1, 0.15) is 5.75 Å². The number of hydrogen-bond donors (Lipinski definition) is 1. The lowest BCUT2D eigenvalue weighted by Gasteiger charge is -2.25. The van der Waals surface area contributed by atoms with E-state index in [4.69, 9.17) is 0 Å². The summed E-state index contributed by atoms with van der Waals surface area (Å²) in [6.45, 7) is 3.19. The highest BCUT2D eigenvalue weighted by Gasteiger charge is 2.10. The van der Waals surface area contributed by atoms with Gasteiger partial charge in [0.05, 0.1) is 0 Å². The minimum atomic E-state index is 0.328. The first-order valence-corrected chi connectivity index (χ1v) is 6.67. The fourth-order valence-electron chi connectivity index (χ4n) is 2.16. The zero-order valence-corrected chi connectivity index (χ0v) is 11.6. The first-order valence-electron chi connectivity index (χ1n) is 6.67. The van der Waals surface area contributed by atoms with Gasteiger partial charge in [-0.25, -0.2) is 0 Å². The van der Waals surface area contributed by atoms with Crippen LogP contribution in [0.3, 0.4) is 0 Å². The minimum Gasteiger partial charge on any atom is -0.508 e. The van der Waals surface area contributed by atoms with Gasteiger partial charge < -0.3 is 5.11 Å². The summed E-state index contributed by atoms with van der Waals surface area (Å²) in [5, 5.41) is 9.28. The van der Waals surface area contributed by atoms with Crippen molar-refractivity contribution in [2.45, 2.75) is 25.9 Å². The molecule has 1 N–H and O–H groups in total. The Labute approximate surface area is 115 Å². The average Bonchev–Trinajstić information content (AvgIpc) is 2.42. The third-order valence-corrected chi connectivity index (χ3v) is 3.49. The Balaban J connectivity index is 1.92. The molecule has 0 bridgehead atoms. The molecular weight excluding hydrogens is 234 g/mol. The monoisotopic (exact) mass is 255 g/mol. The molecule has 0 unspecified atom stereocenters. The van der Waals surface area contributed by atoms with Gasteiger partial charge in [-0.2, -0.15) is 0 Å². The summed E-state index contributed by atoms with van der Waals surface area (Å²) in [7, 11) is 2.15. The van der Waals surface area contributed by atoms with E-state index >= 15 is 0 Å². The van der Waals surface area contributed by atoms with E-state index in [-0.39, 0.29) is 0 Å². The van der Waals surface area contributed by atoms with Gasteiger partial charge in [0.2, 0.25) is 0 Å². The van der Waals surface area contributed by atoms with Crippen molar-refractivity contribution in [3.8, 4) is 5.75 Å². The molecule has 0 aliphatic rings. The Morgan fingerprint density at radius 2 is 1.58 bits per heavy atom. The van der Waals surface area contributed by atoms with Gasteiger partial charge in [-0.05, 0) is 43.7 Å². The maximum absolute atomic E-state index is 9.28. The summed E-state index contributed by atoms with van der Waals surface area (Å²) in [4.78, 5) is 2.35. The van der Waals surface area contributed by atoms with E-state index < -0.39 is 0 Å². The fraction of sp³-hybridized carbons (Fsp3) is 0.294. The van der Waals surface area contributed by atoms with Crippen LogP contribution in [0.4, 0.5) is 0 Å². The molecule has 0 saturated carbocycles. The Kier molecular flexibility index (Phi) is 4.58. The Morgan fingerprint density at radius 3 is 2.21 bits per heavy atom. The molecule has 0 radical (unpaired) electrons. The van der Waals surface area contributed by atoms with E-state index in [2.05, 4.69) is 43.1 Å². The summed E-state index contributed by atoms with van der Waals surface area (Å²) in [6.07, 6.45) is 0.990. The van der Waals surface area contributed by atoms with E-state index in [1.165, 1.54) is 11.1 Å². The number of nitrogens with zero attached hydrogens (tertiary/aromatic N) is 1. The van der Waals surface area contributed by atoms with Crippen molar-refractivity contribution in [2.24, 2.45) is 0 Å². The van der Waals surface area contributed by atoms with E-state index in [0.717, 1.165) is 13.0 Å². The molecule has 0 aliphatic carbocycles. The van der Waals surface area contributed by atoms with Crippen LogP contribution in [0.25, 0.3) is 0 Å². The highest BCUT2D eigenvalue weighted by molar-refractivity contribution is 5.26. The molecule has 2 aromatic carbocycles. The summed E-state index contributed by atoms with van der Waals surface area (Å²) >= 11 is 0. The van der Waals surface area contributed by atoms with Crippen LogP contribution in [0.2, 0.25) is 0 Å². The molecule has 0 saturated heterocycles. The first kappa shape index (κ1) is 13.6. The molecule has 100 valence electrons. The van der Waals surface area contributed by atoms with Crippen molar-refractivity contribution in [3.63, 3.8) is 0 Å². The molecule has 0 heterocycles. The number of phenolic OH excluding ortho intramolecular Hbond substituents is 1. The van der Waals surface area contributed by atoms with Gasteiger partial charge in [0.25, 0.3) is 0 Å². The summed E-state index contributed by atoms with van der Waals surface area (Å²) in [6, 6.07) is 18.5. The van der Waals surface area contributed by atoms with Gasteiger partial charge in [0, 0.05) is 12.6 Å². The van der Waals surface area contributed by atoms with Crippen LogP contribution in [-0.4, -0.2) is 23.1 Å². The molecule has 1 atom stereocenters. The van der Waals surface area contributed by atoms with Crippen molar-refractivity contribution < 1.29 is 5.11 Å². The lowest BCUT2D eigenvalue weighted by atomic mass is 10.1. The number of rotatable bonds is 5. The largest absolute Gasteiger partial charge is 0.508 e. The predicted octanol–water partition coefficient (Wildman–Crippen LogP) is 3.46. The van der Waals surface area contributed by atoms with E-state index in [9.17, 15) is 5.11 Å². The topological polar surface area (TPSA) is 23.5 Å². The molecule has 2 rings (SSSR count). The summed E-state index contributed by atoms with van der Waals surface area (Å²) in [5.74, 6) is 0.328. The molecule has 2 nitrogen and oxygen atoms in total. The van der Waals surface area contributed by atoms with E-state index in [1.54, 1.807) is 12.1 Å². The third kappa shape index (κ3) is 4.11. The van der Waals surface area contributed by atoms with E-state index in [0.29, 0.717) is 11.8 Å². The molecule has 0 aliphatic heterocycles. The zero-order valence-electron chi connectivity index (χ0n) is 11.6. The number of hydrogen-bond acceptors (Lipinski definition) is 2. The Morgan fingerprint density at radius 1 is 0.947 bits per heavy atom. The normalized spacial score (nSPS) is 12.6. The van der Waals surface area contributed by atoms with Crippen molar-refractivity contribution in [1.82, 2.24) is 4.90 Å². The van der Waals surface area contributed by atoms with Crippen LogP contribution in [0.5, 0.6) is 5.75 Å². The van der Waals surface area contributed by atoms with Crippen molar-refractivity contribution in [3.05, 3.63) is 65.7 Å². The number of likely N-dealkylation sites (N-methyl/N-ethyl adjacent to an activating group) is 1. The van der Waals surface area contributed by atoms with Crippen LogP contribution >= 0.6 is 0 Å². The zero-order chi connectivity index (χ0) is 13.7. The Hall–Kier alpha value is -1.80. The second kappa shape index (κ2) is 6.39. The van der Waals surface area contributed by atoms with Gasteiger partial charge >= 0.3 is 0 Å². The SMILES string of the molecule is C[C@@H](Cc1ccc(O)cc1)N(C)Cc1ccccc1. The fourth-order valence-corrected chi connectivity index (χ4v) is 2.16. The molecule has 0 fully saturated rings. The molecule has 0 spiro atoms. The molecule has 0 aromatic heterocycles. The van der Waals surface area contributed by atoms with Crippen molar-refractivity contribution >= 4 is 0 Å². The summed E-state index contributed by atoms with van der Waals surface area (Å²) < 4.78 is 0. The van der Waals surface area contributed by atoms with Gasteiger partial charge in [-0.15, -0.1) is 0 Å². The van der Waals surface area contributed by atoms with E-state index in [1.807, 2.05) is 18.2 Å². The lowest BCUT2D eigenvalue weighted by Crippen LogP contribution is -2.30. The standard InChI is InChI=1S/C17H21NO/c1-14(12-15-8-10-17(19)11-9-15)18(2)13-16-6-4-3-5-7-16/h3-11,14,19H,12-13H2,1-2H3/t14-/m0/s1. The van der Waals surface area contributed by atoms with Gasteiger partial charge in [-0.1, -0.05) is 42.5 Å². The van der Waals surface area contributed by atoms with Crippen LogP contribution in [0, 0.1) is 0 Å². The molecule has 2 heteroatoms. The maximum atomic E-state index is 9.28. The lowest BCUT2D eigenvalue weighted by molar-refractivity contribution is 0.248. The van der Waals surface area contributed by atoms with Crippen molar-refractivity contribution in [1.29, 1.82) is 0 Å². The van der Waals surface area contributed by atoms with Crippen LogP contribution in [-0.2, 0) is 13.0 Å². The molecular formula is C17H21NO. The third-order valence-electron chi connectivity index (χ3n) is 3.49. The van der Waals surface area contributed by atoms with Crippen molar-refractivity contribution in [2.75, 3.05) is 7.05 Å². The smallest absolute Gasteiger partial charge is 0.115 e. The highest BCUT2D eigenvalue weighted by atomic mass is 16.3. The second-order valence-corrected chi connectivity index (χ2v) is 5.12. The maximum Gasteiger partial charge on any atom is 0.115 e. The Bertz CT molecular complexity index is 492. The minimum absolute atomic E-state index is 0.328. The van der Waals surface area contributed by atoms with Crippen LogP contribution < -0.4 is 0 Å². The molecule has 0 amide bonds. The van der Waals surface area contributed by atoms with Gasteiger partial charge in [-0.3, -0.25) is 4.90 Å².